The van der Waals surface area contributed by atoms with Crippen LogP contribution < -0.4 is 5.32 Å². The van der Waals surface area contributed by atoms with Crippen molar-refractivity contribution >= 4 is 39.8 Å². The third-order valence-electron chi connectivity index (χ3n) is 4.41. The number of fused-ring (bicyclic) bond motifs is 1. The van der Waals surface area contributed by atoms with E-state index in [0.717, 1.165) is 18.4 Å². The molecule has 0 saturated heterocycles. The molecule has 3 rings (SSSR count). The average Bonchev–Trinajstić information content (AvgIpc) is 2.60. The van der Waals surface area contributed by atoms with Gasteiger partial charge in [0.05, 0.1) is 5.03 Å². The first-order chi connectivity index (χ1) is 11.6. The number of aryl methyl sites for hydroxylation is 1. The highest BCUT2D eigenvalue weighted by molar-refractivity contribution is 6.66. The van der Waals surface area contributed by atoms with Gasteiger partial charge in [0.1, 0.15) is 10.2 Å². The number of phenolic OH excluding ortho intramolecular Hbond substituents is 1. The monoisotopic (exact) mass is 381 g/mol. The average molecular weight is 383 g/mol. The highest BCUT2D eigenvalue weighted by Crippen LogP contribution is 2.33. The zero-order valence-corrected chi connectivity index (χ0v) is 15.3. The lowest BCUT2D eigenvalue weighted by molar-refractivity contribution is 0.438. The molecule has 2 nitrogen and oxygen atoms in total. The zero-order valence-electron chi connectivity index (χ0n) is 13.0. The molecule has 2 N–H and O–H groups in total. The van der Waals surface area contributed by atoms with E-state index in [9.17, 15) is 5.11 Å². The van der Waals surface area contributed by atoms with Crippen molar-refractivity contribution in [1.29, 1.82) is 0 Å². The Morgan fingerprint density at radius 3 is 2.67 bits per heavy atom. The maximum Gasteiger partial charge on any atom is 0.126 e. The van der Waals surface area contributed by atoms with Crippen molar-refractivity contribution in [2.24, 2.45) is 0 Å². The minimum Gasteiger partial charge on any atom is -0.508 e. The van der Waals surface area contributed by atoms with E-state index in [1.54, 1.807) is 12.1 Å². The molecular weight excluding hydrogens is 365 g/mol. The zero-order chi connectivity index (χ0) is 17.1. The van der Waals surface area contributed by atoms with Crippen LogP contribution in [0.1, 0.15) is 41.1 Å². The number of aromatic hydroxyl groups is 1. The van der Waals surface area contributed by atoms with Gasteiger partial charge < -0.3 is 10.4 Å². The fourth-order valence-corrected chi connectivity index (χ4v) is 3.49. The van der Waals surface area contributed by atoms with Gasteiger partial charge >= 0.3 is 0 Å². The van der Waals surface area contributed by atoms with Crippen LogP contribution in [0.5, 0.6) is 5.75 Å². The lowest BCUT2D eigenvalue weighted by Gasteiger charge is -2.26. The molecule has 2 aromatic carbocycles. The second-order valence-corrected chi connectivity index (χ2v) is 7.27. The van der Waals surface area contributed by atoms with Crippen molar-refractivity contribution in [1.82, 2.24) is 5.32 Å². The molecule has 1 unspecified atom stereocenters. The molecule has 0 saturated carbocycles. The summed E-state index contributed by atoms with van der Waals surface area (Å²) in [7, 11) is 0. The smallest absolute Gasteiger partial charge is 0.126 e. The van der Waals surface area contributed by atoms with Gasteiger partial charge in [-0.25, -0.2) is 0 Å². The number of phenols is 1. The van der Waals surface area contributed by atoms with Gasteiger partial charge in [0, 0.05) is 18.2 Å². The summed E-state index contributed by atoms with van der Waals surface area (Å²) in [6.07, 6.45) is 3.42. The number of hydrogen-bond acceptors (Lipinski definition) is 2. The van der Waals surface area contributed by atoms with Crippen molar-refractivity contribution < 1.29 is 5.11 Å². The molecule has 0 fully saturated rings. The van der Waals surface area contributed by atoms with Crippen molar-refractivity contribution in [3.05, 3.63) is 69.2 Å². The molecule has 1 aliphatic rings. The SMILES string of the molecule is Oc1cc(C(Cl)=C(Cl)Cl)ccc1CNC1CCCc2ccccc21. The second kappa shape index (κ2) is 7.79. The molecule has 2 aromatic rings. The Hall–Kier alpha value is -1.19. The molecule has 0 radical (unpaired) electrons. The van der Waals surface area contributed by atoms with Gasteiger partial charge in [-0.3, -0.25) is 0 Å². The topological polar surface area (TPSA) is 32.3 Å². The predicted octanol–water partition coefficient (Wildman–Crippen LogP) is 5.90. The summed E-state index contributed by atoms with van der Waals surface area (Å²) in [6, 6.07) is 14.1. The summed E-state index contributed by atoms with van der Waals surface area (Å²) < 4.78 is -0.0132. The summed E-state index contributed by atoms with van der Waals surface area (Å²) in [4.78, 5) is 0. The summed E-state index contributed by atoms with van der Waals surface area (Å²) in [5.41, 5.74) is 4.19. The highest BCUT2D eigenvalue weighted by Gasteiger charge is 2.19. The maximum atomic E-state index is 10.2. The summed E-state index contributed by atoms with van der Waals surface area (Å²) >= 11 is 17.4. The van der Waals surface area contributed by atoms with Gasteiger partial charge in [0.15, 0.2) is 0 Å². The third kappa shape index (κ3) is 3.89. The Kier molecular flexibility index (Phi) is 5.72. The number of halogens is 3. The predicted molar refractivity (Wildman–Crippen MR) is 102 cm³/mol. The van der Waals surface area contributed by atoms with E-state index < -0.39 is 0 Å². The highest BCUT2D eigenvalue weighted by atomic mass is 35.5. The van der Waals surface area contributed by atoms with E-state index in [1.807, 2.05) is 6.07 Å². The van der Waals surface area contributed by atoms with E-state index in [4.69, 9.17) is 34.8 Å². The first-order valence-corrected chi connectivity index (χ1v) is 9.04. The molecule has 0 heterocycles. The molecule has 1 atom stereocenters. The summed E-state index contributed by atoms with van der Waals surface area (Å²) in [5.74, 6) is 0.178. The molecular formula is C19H18Cl3NO. The summed E-state index contributed by atoms with van der Waals surface area (Å²) in [6.45, 7) is 0.584. The molecule has 0 aromatic heterocycles. The quantitative estimate of drug-likeness (QED) is 0.689. The molecule has 24 heavy (non-hydrogen) atoms. The van der Waals surface area contributed by atoms with Crippen molar-refractivity contribution in [3.63, 3.8) is 0 Å². The normalized spacial score (nSPS) is 16.5. The maximum absolute atomic E-state index is 10.2. The van der Waals surface area contributed by atoms with Crippen LogP contribution in [-0.2, 0) is 13.0 Å². The number of nitrogens with one attached hydrogen (secondary N) is 1. The van der Waals surface area contributed by atoms with E-state index in [2.05, 4.69) is 29.6 Å². The van der Waals surface area contributed by atoms with Gasteiger partial charge in [-0.15, -0.1) is 0 Å². The van der Waals surface area contributed by atoms with Crippen LogP contribution in [0.4, 0.5) is 0 Å². The number of benzene rings is 2. The van der Waals surface area contributed by atoms with Crippen molar-refractivity contribution in [2.45, 2.75) is 31.8 Å². The molecule has 0 spiro atoms. The van der Waals surface area contributed by atoms with E-state index in [-0.39, 0.29) is 15.3 Å². The Morgan fingerprint density at radius 2 is 1.92 bits per heavy atom. The molecule has 0 aliphatic heterocycles. The van der Waals surface area contributed by atoms with Crippen LogP contribution >= 0.6 is 34.8 Å². The van der Waals surface area contributed by atoms with Crippen LogP contribution in [0.2, 0.25) is 0 Å². The Balaban J connectivity index is 1.73. The van der Waals surface area contributed by atoms with E-state index in [0.29, 0.717) is 18.2 Å². The summed E-state index contributed by atoms with van der Waals surface area (Å²) in [5, 5.41) is 14.0. The van der Waals surface area contributed by atoms with Crippen molar-refractivity contribution in [3.8, 4) is 5.75 Å². The lowest BCUT2D eigenvalue weighted by atomic mass is 9.87. The standard InChI is InChI=1S/C19H18Cl3NO/c20-18(19(21)22)13-8-9-14(17(24)10-13)11-23-16-7-3-5-12-4-1-2-6-15(12)16/h1-2,4,6,8-10,16,23-24H,3,5,7,11H2. The van der Waals surface area contributed by atoms with Crippen LogP contribution in [-0.4, -0.2) is 5.11 Å². The Morgan fingerprint density at radius 1 is 1.12 bits per heavy atom. The Bertz CT molecular complexity index is 769. The number of hydrogen-bond donors (Lipinski definition) is 2. The third-order valence-corrected chi connectivity index (χ3v) is 5.39. The number of rotatable bonds is 4. The first kappa shape index (κ1) is 17.6. The minimum atomic E-state index is -0.0132. The van der Waals surface area contributed by atoms with Gasteiger partial charge in [-0.1, -0.05) is 71.2 Å². The van der Waals surface area contributed by atoms with Gasteiger partial charge in [0.25, 0.3) is 0 Å². The van der Waals surface area contributed by atoms with Gasteiger partial charge in [-0.2, -0.15) is 0 Å². The van der Waals surface area contributed by atoms with E-state index in [1.165, 1.54) is 17.5 Å². The molecule has 0 amide bonds. The van der Waals surface area contributed by atoms with Gasteiger partial charge in [-0.05, 0) is 42.0 Å². The van der Waals surface area contributed by atoms with Crippen LogP contribution in [0, 0.1) is 0 Å². The fraction of sp³-hybridized carbons (Fsp3) is 0.263. The van der Waals surface area contributed by atoms with Crippen molar-refractivity contribution in [2.75, 3.05) is 0 Å². The molecule has 126 valence electrons. The van der Waals surface area contributed by atoms with Gasteiger partial charge in [0.2, 0.25) is 0 Å². The lowest BCUT2D eigenvalue weighted by Crippen LogP contribution is -2.24. The van der Waals surface area contributed by atoms with Crippen LogP contribution in [0.3, 0.4) is 0 Å². The largest absolute Gasteiger partial charge is 0.508 e. The first-order valence-electron chi connectivity index (χ1n) is 7.90. The minimum absolute atomic E-state index is 0.0132. The fourth-order valence-electron chi connectivity index (χ4n) is 3.16. The molecule has 0 bridgehead atoms. The Labute approximate surface area is 157 Å². The van der Waals surface area contributed by atoms with Crippen LogP contribution in [0.25, 0.3) is 5.03 Å². The molecule has 5 heteroatoms. The second-order valence-electron chi connectivity index (χ2n) is 5.94. The van der Waals surface area contributed by atoms with E-state index >= 15 is 0 Å². The van der Waals surface area contributed by atoms with Crippen LogP contribution in [0.15, 0.2) is 47.0 Å². The molecule has 1 aliphatic carbocycles.